The molecule has 0 atom stereocenters. The first-order valence-corrected chi connectivity index (χ1v) is 4.04. The van der Waals surface area contributed by atoms with Crippen molar-refractivity contribution in [1.29, 1.82) is 0 Å². The van der Waals surface area contributed by atoms with Crippen molar-refractivity contribution in [2.24, 2.45) is 0 Å². The summed E-state index contributed by atoms with van der Waals surface area (Å²) in [6.45, 7) is 2.13. The molecule has 0 saturated heterocycles. The lowest BCUT2D eigenvalue weighted by molar-refractivity contribution is 0.883. The number of fused-ring (bicyclic) bond motifs is 1. The van der Waals surface area contributed by atoms with Gasteiger partial charge in [-0.3, -0.25) is 0 Å². The first-order chi connectivity index (χ1) is 5.92. The van der Waals surface area contributed by atoms with Crippen LogP contribution < -0.4 is 0 Å². The monoisotopic (exact) mass is 162 g/mol. The summed E-state index contributed by atoms with van der Waals surface area (Å²) in [4.78, 5) is 15.3. The second-order valence-electron chi connectivity index (χ2n) is 2.67. The fourth-order valence-electron chi connectivity index (χ4n) is 1.23. The van der Waals surface area contributed by atoms with E-state index in [0.717, 1.165) is 29.7 Å². The summed E-state index contributed by atoms with van der Waals surface area (Å²) < 4.78 is 0. The zero-order valence-electron chi connectivity index (χ0n) is 6.91. The maximum atomic E-state index is 4.18. The van der Waals surface area contributed by atoms with Crippen molar-refractivity contribution in [2.45, 2.75) is 19.8 Å². The predicted molar refractivity (Wildman–Crippen MR) is 45.7 cm³/mol. The third kappa shape index (κ3) is 1.05. The smallest absolute Gasteiger partial charge is 0.160 e. The summed E-state index contributed by atoms with van der Waals surface area (Å²) >= 11 is 0. The van der Waals surface area contributed by atoms with E-state index in [0.29, 0.717) is 0 Å². The van der Waals surface area contributed by atoms with Crippen molar-refractivity contribution < 1.29 is 0 Å². The van der Waals surface area contributed by atoms with Gasteiger partial charge in [-0.2, -0.15) is 0 Å². The van der Waals surface area contributed by atoms with Crippen LogP contribution in [0.25, 0.3) is 11.2 Å². The molecule has 0 radical (unpaired) electrons. The predicted octanol–water partition coefficient (Wildman–Crippen LogP) is 1.31. The molecule has 0 aliphatic rings. The van der Waals surface area contributed by atoms with Crippen LogP contribution in [-0.4, -0.2) is 19.9 Å². The Hall–Kier alpha value is -1.45. The third-order valence-electron chi connectivity index (χ3n) is 1.78. The molecule has 2 rings (SSSR count). The van der Waals surface area contributed by atoms with Gasteiger partial charge in [-0.05, 0) is 6.42 Å². The van der Waals surface area contributed by atoms with E-state index >= 15 is 0 Å². The molecule has 0 bridgehead atoms. The second-order valence-corrected chi connectivity index (χ2v) is 2.67. The van der Waals surface area contributed by atoms with Gasteiger partial charge in [0.15, 0.2) is 5.65 Å². The van der Waals surface area contributed by atoms with Crippen molar-refractivity contribution in [3.8, 4) is 0 Å². The Kier molecular flexibility index (Phi) is 1.74. The van der Waals surface area contributed by atoms with Gasteiger partial charge in [0.1, 0.15) is 11.8 Å². The zero-order valence-corrected chi connectivity index (χ0v) is 6.91. The second kappa shape index (κ2) is 2.89. The average Bonchev–Trinajstić information content (AvgIpc) is 2.53. The van der Waals surface area contributed by atoms with Crippen LogP contribution in [0.1, 0.15) is 19.0 Å². The molecule has 4 nitrogen and oxygen atoms in total. The minimum Gasteiger partial charge on any atom is -0.329 e. The third-order valence-corrected chi connectivity index (χ3v) is 1.78. The Balaban J connectivity index is 2.57. The Morgan fingerprint density at radius 3 is 3.08 bits per heavy atom. The van der Waals surface area contributed by atoms with Gasteiger partial charge in [0.2, 0.25) is 0 Å². The molecule has 0 unspecified atom stereocenters. The van der Waals surface area contributed by atoms with E-state index in [4.69, 9.17) is 0 Å². The highest BCUT2D eigenvalue weighted by molar-refractivity contribution is 5.71. The molecule has 62 valence electrons. The number of aryl methyl sites for hydroxylation is 1. The summed E-state index contributed by atoms with van der Waals surface area (Å²) in [5, 5.41) is 0. The first kappa shape index (κ1) is 7.21. The fraction of sp³-hybridized carbons (Fsp3) is 0.375. The van der Waals surface area contributed by atoms with E-state index < -0.39 is 0 Å². The molecule has 4 heteroatoms. The summed E-state index contributed by atoms with van der Waals surface area (Å²) in [7, 11) is 0. The maximum absolute atomic E-state index is 4.18. The highest BCUT2D eigenvalue weighted by Crippen LogP contribution is 2.10. The Morgan fingerprint density at radius 2 is 2.25 bits per heavy atom. The highest BCUT2D eigenvalue weighted by atomic mass is 15.0. The molecule has 2 aromatic heterocycles. The van der Waals surface area contributed by atoms with Gasteiger partial charge in [-0.15, -0.1) is 0 Å². The number of rotatable bonds is 2. The van der Waals surface area contributed by atoms with Crippen LogP contribution >= 0.6 is 0 Å². The van der Waals surface area contributed by atoms with E-state index in [9.17, 15) is 0 Å². The van der Waals surface area contributed by atoms with E-state index in [1.807, 2.05) is 0 Å². The number of hydrogen-bond acceptors (Lipinski definition) is 3. The SMILES string of the molecule is CCCc1ncnc2[nH]cnc12. The van der Waals surface area contributed by atoms with Gasteiger partial charge in [0.05, 0.1) is 12.0 Å². The molecule has 0 fully saturated rings. The largest absolute Gasteiger partial charge is 0.329 e. The molecule has 0 aromatic carbocycles. The molecule has 12 heavy (non-hydrogen) atoms. The highest BCUT2D eigenvalue weighted by Gasteiger charge is 2.03. The number of H-pyrrole nitrogens is 1. The van der Waals surface area contributed by atoms with Crippen LogP contribution in [0.5, 0.6) is 0 Å². The summed E-state index contributed by atoms with van der Waals surface area (Å²) in [6, 6.07) is 0. The van der Waals surface area contributed by atoms with Crippen molar-refractivity contribution >= 4 is 11.2 Å². The lowest BCUT2D eigenvalue weighted by Gasteiger charge is -1.96. The topological polar surface area (TPSA) is 54.5 Å². The Labute approximate surface area is 70.1 Å². The molecular weight excluding hydrogens is 152 g/mol. The zero-order chi connectivity index (χ0) is 8.39. The van der Waals surface area contributed by atoms with E-state index in [1.165, 1.54) is 0 Å². The van der Waals surface area contributed by atoms with Crippen molar-refractivity contribution in [2.75, 3.05) is 0 Å². The lowest BCUT2D eigenvalue weighted by atomic mass is 10.2. The molecule has 0 aliphatic heterocycles. The lowest BCUT2D eigenvalue weighted by Crippen LogP contribution is -1.92. The van der Waals surface area contributed by atoms with Gasteiger partial charge in [-0.1, -0.05) is 13.3 Å². The number of hydrogen-bond donors (Lipinski definition) is 1. The molecule has 0 aliphatic carbocycles. The Morgan fingerprint density at radius 1 is 1.33 bits per heavy atom. The maximum Gasteiger partial charge on any atom is 0.160 e. The van der Waals surface area contributed by atoms with Crippen LogP contribution in [0.4, 0.5) is 0 Å². The van der Waals surface area contributed by atoms with Gasteiger partial charge < -0.3 is 4.98 Å². The van der Waals surface area contributed by atoms with Crippen LogP contribution in [0.15, 0.2) is 12.7 Å². The number of aromatic amines is 1. The van der Waals surface area contributed by atoms with Gasteiger partial charge >= 0.3 is 0 Å². The molecule has 1 N–H and O–H groups in total. The number of imidazole rings is 1. The normalized spacial score (nSPS) is 10.8. The van der Waals surface area contributed by atoms with Crippen LogP contribution in [0.2, 0.25) is 0 Å². The quantitative estimate of drug-likeness (QED) is 0.724. The number of aromatic nitrogens is 4. The van der Waals surface area contributed by atoms with Crippen LogP contribution in [-0.2, 0) is 6.42 Å². The molecule has 0 amide bonds. The van der Waals surface area contributed by atoms with E-state index in [1.54, 1.807) is 12.7 Å². The number of nitrogens with zero attached hydrogens (tertiary/aromatic N) is 3. The van der Waals surface area contributed by atoms with Crippen molar-refractivity contribution in [3.63, 3.8) is 0 Å². The van der Waals surface area contributed by atoms with Crippen molar-refractivity contribution in [1.82, 2.24) is 19.9 Å². The first-order valence-electron chi connectivity index (χ1n) is 4.04. The number of nitrogens with one attached hydrogen (secondary N) is 1. The van der Waals surface area contributed by atoms with Crippen LogP contribution in [0.3, 0.4) is 0 Å². The molecule has 2 aromatic rings. The van der Waals surface area contributed by atoms with E-state index in [-0.39, 0.29) is 0 Å². The Bertz CT molecular complexity index is 379. The molecular formula is C8H10N4. The minimum absolute atomic E-state index is 0.827. The minimum atomic E-state index is 0.827. The summed E-state index contributed by atoms with van der Waals surface area (Å²) in [5.41, 5.74) is 2.76. The average molecular weight is 162 g/mol. The van der Waals surface area contributed by atoms with Crippen molar-refractivity contribution in [3.05, 3.63) is 18.3 Å². The van der Waals surface area contributed by atoms with Gasteiger partial charge in [0, 0.05) is 0 Å². The van der Waals surface area contributed by atoms with Gasteiger partial charge in [0.25, 0.3) is 0 Å². The summed E-state index contributed by atoms with van der Waals surface area (Å²) in [6.07, 6.45) is 5.27. The molecule has 0 saturated carbocycles. The summed E-state index contributed by atoms with van der Waals surface area (Å²) in [5.74, 6) is 0. The molecule has 2 heterocycles. The van der Waals surface area contributed by atoms with E-state index in [2.05, 4.69) is 26.9 Å². The van der Waals surface area contributed by atoms with Gasteiger partial charge in [-0.25, -0.2) is 15.0 Å². The fourth-order valence-corrected chi connectivity index (χ4v) is 1.23. The molecule has 0 spiro atoms. The van der Waals surface area contributed by atoms with Crippen LogP contribution in [0, 0.1) is 0 Å². The standard InChI is InChI=1S/C8H10N4/c1-2-3-6-7-8(11-4-9-6)12-5-10-7/h4-5H,2-3H2,1H3,(H,9,10,11,12).